The zero-order valence-corrected chi connectivity index (χ0v) is 23.5. The van der Waals surface area contributed by atoms with Crippen molar-refractivity contribution < 1.29 is 14.7 Å². The Morgan fingerprint density at radius 3 is 1.62 bits per heavy atom. The van der Waals surface area contributed by atoms with Crippen LogP contribution in [0, 0.1) is 10.7 Å². The van der Waals surface area contributed by atoms with Gasteiger partial charge < -0.3 is 14.9 Å². The van der Waals surface area contributed by atoms with Crippen molar-refractivity contribution in [1.29, 1.82) is 0 Å². The molecule has 0 saturated carbocycles. The number of hydrogen-bond donors (Lipinski definition) is 1. The van der Waals surface area contributed by atoms with Crippen LogP contribution in [-0.4, -0.2) is 66.7 Å². The second kappa shape index (κ2) is 14.5. The Balaban J connectivity index is 0.00000379. The number of carbonyl (C=O) groups is 2. The molecule has 9 heteroatoms. The van der Waals surface area contributed by atoms with Crippen LogP contribution in [-0.2, 0) is 0 Å². The van der Waals surface area contributed by atoms with Gasteiger partial charge in [-0.05, 0) is 67.8 Å². The molecule has 0 fully saturated rings. The average Bonchev–Trinajstić information content (AvgIpc) is 2.69. The van der Waals surface area contributed by atoms with E-state index < -0.39 is 0 Å². The first-order chi connectivity index (χ1) is 13.7. The molecule has 29 heavy (non-hydrogen) atoms. The van der Waals surface area contributed by atoms with Gasteiger partial charge in [0.05, 0.1) is 30.6 Å². The molecule has 0 saturated heterocycles. The number of aliphatic hydroxyl groups excluding tert-OH is 1. The van der Waals surface area contributed by atoms with Gasteiger partial charge in [0.2, 0.25) is 0 Å². The molecule has 0 atom stereocenters. The van der Waals surface area contributed by atoms with Crippen LogP contribution in [0.15, 0.2) is 30.3 Å². The fourth-order valence-electron chi connectivity index (χ4n) is 2.21. The van der Waals surface area contributed by atoms with Gasteiger partial charge in [0.25, 0.3) is 11.8 Å². The summed E-state index contributed by atoms with van der Waals surface area (Å²) in [4.78, 5) is 33.4. The fraction of sp³-hybridized carbons (Fsp3) is 0.350. The SMILES string of the molecule is C=CCN(C)C(=O)c1c(I)c(N=CCO)c(I)c(C(=O)N(C)CC=C)c1I.CC. The normalized spacial score (nSPS) is 10.2. The number of rotatable bonds is 8. The summed E-state index contributed by atoms with van der Waals surface area (Å²) in [7, 11) is 3.35. The molecule has 0 spiro atoms. The first kappa shape index (κ1) is 28.5. The first-order valence-corrected chi connectivity index (χ1v) is 12.0. The van der Waals surface area contributed by atoms with Gasteiger partial charge >= 0.3 is 0 Å². The van der Waals surface area contributed by atoms with E-state index in [4.69, 9.17) is 5.11 Å². The van der Waals surface area contributed by atoms with Gasteiger partial charge in [-0.1, -0.05) is 26.0 Å². The lowest BCUT2D eigenvalue weighted by Gasteiger charge is -2.23. The average molecular weight is 737 g/mol. The van der Waals surface area contributed by atoms with Crippen molar-refractivity contribution in [3.8, 4) is 0 Å². The van der Waals surface area contributed by atoms with E-state index in [1.165, 1.54) is 16.0 Å². The van der Waals surface area contributed by atoms with Gasteiger partial charge in [-0.2, -0.15) is 0 Å². The summed E-state index contributed by atoms with van der Waals surface area (Å²) in [5.74, 6) is -0.443. The molecular formula is C20H26I3N3O3. The van der Waals surface area contributed by atoms with Gasteiger partial charge in [0.15, 0.2) is 0 Å². The number of halogens is 3. The van der Waals surface area contributed by atoms with E-state index in [9.17, 15) is 9.59 Å². The van der Waals surface area contributed by atoms with Crippen LogP contribution in [0.1, 0.15) is 34.6 Å². The maximum Gasteiger partial charge on any atom is 0.256 e. The number of aliphatic hydroxyl groups is 1. The maximum absolute atomic E-state index is 13.0. The minimum absolute atomic E-state index is 0.221. The second-order valence-corrected chi connectivity index (χ2v) is 8.72. The van der Waals surface area contributed by atoms with E-state index in [0.29, 0.717) is 40.6 Å². The third-order valence-electron chi connectivity index (χ3n) is 3.52. The largest absolute Gasteiger partial charge is 0.391 e. The Morgan fingerprint density at radius 2 is 1.31 bits per heavy atom. The van der Waals surface area contributed by atoms with E-state index in [2.05, 4.69) is 63.3 Å². The predicted octanol–water partition coefficient (Wildman–Crippen LogP) is 4.74. The summed E-state index contributed by atoms with van der Waals surface area (Å²) >= 11 is 6.17. The van der Waals surface area contributed by atoms with E-state index in [-0.39, 0.29) is 18.4 Å². The van der Waals surface area contributed by atoms with Crippen molar-refractivity contribution in [3.63, 3.8) is 0 Å². The fourth-order valence-corrected chi connectivity index (χ4v) is 6.57. The van der Waals surface area contributed by atoms with Crippen molar-refractivity contribution in [2.45, 2.75) is 13.8 Å². The number of nitrogens with zero attached hydrogens (tertiary/aromatic N) is 3. The Bertz CT molecular complexity index is 740. The highest BCUT2D eigenvalue weighted by atomic mass is 127. The summed E-state index contributed by atoms with van der Waals surface area (Å²) in [5.41, 5.74) is 1.33. The lowest BCUT2D eigenvalue weighted by Crippen LogP contribution is -2.32. The van der Waals surface area contributed by atoms with E-state index in [1.54, 1.807) is 26.2 Å². The smallest absolute Gasteiger partial charge is 0.256 e. The summed E-state index contributed by atoms with van der Waals surface area (Å²) in [6, 6.07) is 0. The summed E-state index contributed by atoms with van der Waals surface area (Å²) in [6.07, 6.45) is 4.62. The molecule has 0 unspecified atom stereocenters. The Hall–Kier alpha value is -0.540. The van der Waals surface area contributed by atoms with Crippen LogP contribution >= 0.6 is 67.8 Å². The number of aliphatic imine (C=N–C) groups is 1. The van der Waals surface area contributed by atoms with Crippen molar-refractivity contribution in [1.82, 2.24) is 9.80 Å². The molecule has 0 bridgehead atoms. The summed E-state index contributed by atoms with van der Waals surface area (Å²) in [5, 5.41) is 9.11. The molecule has 0 radical (unpaired) electrons. The molecule has 160 valence electrons. The standard InChI is InChI=1S/C18H20I3N3O3.C2H6/c1-5-8-23(3)17(26)11-13(19)12(18(27)24(4)9-6-2)15(21)16(14(11)20)22-7-10-25;1-2/h5-7,25H,1-2,8-10H2,3-4H3;1-2H3. The van der Waals surface area contributed by atoms with Gasteiger partial charge in [0, 0.05) is 37.0 Å². The lowest BCUT2D eigenvalue weighted by atomic mass is 10.1. The Labute approximate surface area is 213 Å². The lowest BCUT2D eigenvalue weighted by molar-refractivity contribution is 0.0805. The molecule has 6 nitrogen and oxygen atoms in total. The number of likely N-dealkylation sites (N-methyl/N-ethyl adjacent to an activating group) is 2. The highest BCUT2D eigenvalue weighted by Crippen LogP contribution is 2.38. The van der Waals surface area contributed by atoms with Crippen LogP contribution in [0.4, 0.5) is 5.69 Å². The summed E-state index contributed by atoms with van der Waals surface area (Å²) < 4.78 is 1.84. The third kappa shape index (κ3) is 7.28. The molecule has 0 heterocycles. The van der Waals surface area contributed by atoms with Gasteiger partial charge in [0.1, 0.15) is 0 Å². The molecule has 1 aromatic rings. The third-order valence-corrected chi connectivity index (χ3v) is 6.70. The molecule has 1 N–H and O–H groups in total. The second-order valence-electron chi connectivity index (χ2n) is 5.48. The van der Waals surface area contributed by atoms with E-state index >= 15 is 0 Å². The van der Waals surface area contributed by atoms with Gasteiger partial charge in [-0.3, -0.25) is 14.6 Å². The van der Waals surface area contributed by atoms with Crippen molar-refractivity contribution in [2.75, 3.05) is 33.8 Å². The monoisotopic (exact) mass is 737 g/mol. The number of benzene rings is 1. The zero-order chi connectivity index (χ0) is 22.7. The van der Waals surface area contributed by atoms with Gasteiger partial charge in [-0.25, -0.2) is 0 Å². The van der Waals surface area contributed by atoms with E-state index in [1.807, 2.05) is 36.4 Å². The Kier molecular flexibility index (Phi) is 14.2. The summed E-state index contributed by atoms with van der Waals surface area (Å²) in [6.45, 7) is 11.8. The van der Waals surface area contributed by atoms with Crippen molar-refractivity contribution >= 4 is 91.5 Å². The van der Waals surface area contributed by atoms with E-state index in [0.717, 1.165) is 0 Å². The number of carbonyl (C=O) groups excluding carboxylic acids is 2. The molecule has 1 rings (SSSR count). The maximum atomic E-state index is 13.0. The quantitative estimate of drug-likeness (QED) is 0.238. The van der Waals surface area contributed by atoms with Crippen molar-refractivity contribution in [2.24, 2.45) is 4.99 Å². The van der Waals surface area contributed by atoms with Crippen LogP contribution in [0.25, 0.3) is 0 Å². The van der Waals surface area contributed by atoms with Gasteiger partial charge in [-0.15, -0.1) is 13.2 Å². The van der Waals surface area contributed by atoms with Crippen LogP contribution in [0.3, 0.4) is 0 Å². The molecule has 0 aliphatic rings. The van der Waals surface area contributed by atoms with Crippen LogP contribution in [0.5, 0.6) is 0 Å². The van der Waals surface area contributed by atoms with Crippen LogP contribution < -0.4 is 0 Å². The molecule has 0 aromatic heterocycles. The minimum atomic E-state index is -0.239. The highest BCUT2D eigenvalue weighted by molar-refractivity contribution is 14.1. The topological polar surface area (TPSA) is 73.2 Å². The minimum Gasteiger partial charge on any atom is -0.391 e. The predicted molar refractivity (Wildman–Crippen MR) is 145 cm³/mol. The first-order valence-electron chi connectivity index (χ1n) is 8.79. The van der Waals surface area contributed by atoms with Crippen molar-refractivity contribution in [3.05, 3.63) is 47.1 Å². The number of hydrogen-bond acceptors (Lipinski definition) is 4. The zero-order valence-electron chi connectivity index (χ0n) is 17.0. The molecule has 1 aromatic carbocycles. The van der Waals surface area contributed by atoms with Crippen LogP contribution in [0.2, 0.25) is 0 Å². The molecule has 0 aliphatic heterocycles. The molecular weight excluding hydrogens is 711 g/mol. The molecule has 2 amide bonds. The highest BCUT2D eigenvalue weighted by Gasteiger charge is 2.29. The number of amides is 2. The Morgan fingerprint density at radius 1 is 0.931 bits per heavy atom. The molecule has 0 aliphatic carbocycles.